The number of hydrogen-bond acceptors (Lipinski definition) is 6. The van der Waals surface area contributed by atoms with Crippen molar-refractivity contribution in [1.82, 2.24) is 30.4 Å². The summed E-state index contributed by atoms with van der Waals surface area (Å²) in [5, 5.41) is 12.8. The number of anilines is 2. The van der Waals surface area contributed by atoms with Crippen LogP contribution in [0.4, 0.5) is 11.6 Å². The van der Waals surface area contributed by atoms with Gasteiger partial charge in [0.1, 0.15) is 6.54 Å². The lowest BCUT2D eigenvalue weighted by Crippen LogP contribution is -2.27. The van der Waals surface area contributed by atoms with E-state index in [-0.39, 0.29) is 18.4 Å². The highest BCUT2D eigenvalue weighted by molar-refractivity contribution is 5.94. The lowest BCUT2D eigenvalue weighted by Gasteiger charge is -2.09. The highest BCUT2D eigenvalue weighted by Gasteiger charge is 2.10. The van der Waals surface area contributed by atoms with Gasteiger partial charge in [0, 0.05) is 36.6 Å². The number of carbonyl (C=O) groups is 2. The fourth-order valence-corrected chi connectivity index (χ4v) is 2.88. The number of amides is 2. The Bertz CT molecular complexity index is 1030. The zero-order valence-electron chi connectivity index (χ0n) is 17.3. The maximum absolute atomic E-state index is 11.9. The van der Waals surface area contributed by atoms with Gasteiger partial charge in [-0.05, 0) is 38.5 Å². The lowest BCUT2D eigenvalue weighted by molar-refractivity contribution is -0.121. The number of benzene rings is 1. The molecule has 0 aliphatic heterocycles. The van der Waals surface area contributed by atoms with Gasteiger partial charge in [0.25, 0.3) is 5.91 Å². The third-order valence-corrected chi connectivity index (χ3v) is 4.30. The van der Waals surface area contributed by atoms with E-state index in [1.165, 1.54) is 0 Å². The maximum Gasteiger partial charge on any atom is 0.251 e. The molecule has 156 valence electrons. The number of aryl methyl sites for hydroxylation is 1. The molecule has 0 saturated heterocycles. The van der Waals surface area contributed by atoms with Crippen LogP contribution in [0.15, 0.2) is 42.9 Å². The third-order valence-electron chi connectivity index (χ3n) is 4.30. The summed E-state index contributed by atoms with van der Waals surface area (Å²) in [4.78, 5) is 32.6. The Morgan fingerprint density at radius 1 is 1.03 bits per heavy atom. The molecular weight excluding hydrogens is 382 g/mol. The molecule has 0 bridgehead atoms. The molecule has 3 rings (SSSR count). The van der Waals surface area contributed by atoms with E-state index in [2.05, 4.69) is 31.0 Å². The van der Waals surface area contributed by atoms with Crippen LogP contribution in [0.5, 0.6) is 0 Å². The van der Waals surface area contributed by atoms with Crippen LogP contribution in [0, 0.1) is 6.92 Å². The van der Waals surface area contributed by atoms with Crippen molar-refractivity contribution in [3.8, 4) is 11.3 Å². The van der Waals surface area contributed by atoms with E-state index in [1.807, 2.05) is 32.9 Å². The average Bonchev–Trinajstić information content (AvgIpc) is 3.16. The second-order valence-corrected chi connectivity index (χ2v) is 6.67. The van der Waals surface area contributed by atoms with Gasteiger partial charge in [-0.3, -0.25) is 14.3 Å². The first-order valence-electron chi connectivity index (χ1n) is 9.78. The Labute approximate surface area is 174 Å². The van der Waals surface area contributed by atoms with E-state index in [0.29, 0.717) is 30.3 Å². The van der Waals surface area contributed by atoms with Crippen LogP contribution in [0.3, 0.4) is 0 Å². The predicted octanol–water partition coefficient (Wildman–Crippen LogP) is 2.28. The number of aromatic nitrogens is 4. The molecular formula is C21H25N7O2. The van der Waals surface area contributed by atoms with Gasteiger partial charge in [0.05, 0.1) is 17.6 Å². The molecule has 30 heavy (non-hydrogen) atoms. The molecule has 0 unspecified atom stereocenters. The molecule has 2 aromatic heterocycles. The fourth-order valence-electron chi connectivity index (χ4n) is 2.88. The van der Waals surface area contributed by atoms with Crippen molar-refractivity contribution < 1.29 is 9.59 Å². The molecule has 0 radical (unpaired) electrons. The molecule has 3 N–H and O–H groups in total. The quantitative estimate of drug-likeness (QED) is 0.528. The molecule has 2 heterocycles. The summed E-state index contributed by atoms with van der Waals surface area (Å²) in [6.45, 7) is 6.99. The first kappa shape index (κ1) is 21.0. The van der Waals surface area contributed by atoms with Crippen molar-refractivity contribution in [2.75, 3.05) is 18.4 Å². The highest BCUT2D eigenvalue weighted by Crippen LogP contribution is 2.23. The van der Waals surface area contributed by atoms with Gasteiger partial charge in [-0.25, -0.2) is 9.97 Å². The van der Waals surface area contributed by atoms with Gasteiger partial charge in [-0.2, -0.15) is 5.10 Å². The van der Waals surface area contributed by atoms with Crippen molar-refractivity contribution in [1.29, 1.82) is 0 Å². The molecule has 0 fully saturated rings. The topological polar surface area (TPSA) is 114 Å². The van der Waals surface area contributed by atoms with Crippen molar-refractivity contribution in [2.45, 2.75) is 27.3 Å². The van der Waals surface area contributed by atoms with E-state index in [1.54, 1.807) is 35.4 Å². The number of nitrogens with one attached hydrogen (secondary N) is 3. The minimum absolute atomic E-state index is 0.0999. The Kier molecular flexibility index (Phi) is 6.74. The van der Waals surface area contributed by atoms with Crippen molar-refractivity contribution in [3.05, 3.63) is 54.0 Å². The fraction of sp³-hybridized carbons (Fsp3) is 0.286. The standard InChI is InChI=1S/C21H25N7O2/c1-4-22-18(29)13-28-12-17(11-25-28)26-21-24-10-14(3)19(27-21)15-6-8-16(9-7-15)20(30)23-5-2/h6-12H,4-5,13H2,1-3H3,(H,22,29)(H,23,30)(H,24,26,27). The van der Waals surface area contributed by atoms with Gasteiger partial charge in [0.15, 0.2) is 0 Å². The molecule has 0 aliphatic rings. The van der Waals surface area contributed by atoms with Crippen LogP contribution >= 0.6 is 0 Å². The summed E-state index contributed by atoms with van der Waals surface area (Å²) in [5.41, 5.74) is 3.85. The Hall–Kier alpha value is -3.75. The Morgan fingerprint density at radius 2 is 1.77 bits per heavy atom. The van der Waals surface area contributed by atoms with E-state index in [9.17, 15) is 9.59 Å². The largest absolute Gasteiger partial charge is 0.355 e. The normalized spacial score (nSPS) is 10.5. The van der Waals surface area contributed by atoms with E-state index >= 15 is 0 Å². The maximum atomic E-state index is 11.9. The Morgan fingerprint density at radius 3 is 2.47 bits per heavy atom. The highest BCUT2D eigenvalue weighted by atomic mass is 16.2. The minimum Gasteiger partial charge on any atom is -0.355 e. The second kappa shape index (κ2) is 9.64. The molecule has 3 aromatic rings. The lowest BCUT2D eigenvalue weighted by atomic mass is 10.1. The van der Waals surface area contributed by atoms with Crippen molar-refractivity contribution in [3.63, 3.8) is 0 Å². The van der Waals surface area contributed by atoms with Crippen LogP contribution in [-0.4, -0.2) is 44.7 Å². The molecule has 0 spiro atoms. The zero-order valence-corrected chi connectivity index (χ0v) is 17.3. The first-order valence-corrected chi connectivity index (χ1v) is 9.78. The summed E-state index contributed by atoms with van der Waals surface area (Å²) in [6.07, 6.45) is 5.07. The third kappa shape index (κ3) is 5.19. The first-order chi connectivity index (χ1) is 14.5. The summed E-state index contributed by atoms with van der Waals surface area (Å²) >= 11 is 0. The van der Waals surface area contributed by atoms with Gasteiger partial charge in [-0.1, -0.05) is 12.1 Å². The van der Waals surface area contributed by atoms with E-state index in [4.69, 9.17) is 0 Å². The molecule has 0 aliphatic carbocycles. The predicted molar refractivity (Wildman–Crippen MR) is 114 cm³/mol. The molecule has 0 saturated carbocycles. The molecule has 2 amide bonds. The van der Waals surface area contributed by atoms with Crippen LogP contribution in [0.2, 0.25) is 0 Å². The van der Waals surface area contributed by atoms with Gasteiger partial charge >= 0.3 is 0 Å². The van der Waals surface area contributed by atoms with E-state index < -0.39 is 0 Å². The van der Waals surface area contributed by atoms with E-state index in [0.717, 1.165) is 16.8 Å². The number of nitrogens with zero attached hydrogens (tertiary/aromatic N) is 4. The van der Waals surface area contributed by atoms with Crippen molar-refractivity contribution >= 4 is 23.5 Å². The minimum atomic E-state index is -0.101. The van der Waals surface area contributed by atoms with Gasteiger partial charge in [0.2, 0.25) is 11.9 Å². The van der Waals surface area contributed by atoms with Crippen LogP contribution in [0.1, 0.15) is 29.8 Å². The summed E-state index contributed by atoms with van der Waals surface area (Å²) in [6, 6.07) is 7.29. The Balaban J connectivity index is 1.75. The van der Waals surface area contributed by atoms with Crippen LogP contribution in [-0.2, 0) is 11.3 Å². The van der Waals surface area contributed by atoms with Crippen molar-refractivity contribution in [2.24, 2.45) is 0 Å². The summed E-state index contributed by atoms with van der Waals surface area (Å²) in [5.74, 6) is 0.216. The number of rotatable bonds is 8. The van der Waals surface area contributed by atoms with Gasteiger partial charge in [-0.15, -0.1) is 0 Å². The molecule has 9 heteroatoms. The second-order valence-electron chi connectivity index (χ2n) is 6.67. The average molecular weight is 407 g/mol. The molecule has 9 nitrogen and oxygen atoms in total. The van der Waals surface area contributed by atoms with Crippen LogP contribution < -0.4 is 16.0 Å². The summed E-state index contributed by atoms with van der Waals surface area (Å²) < 4.78 is 1.54. The molecule has 0 atom stereocenters. The molecule has 1 aromatic carbocycles. The number of hydrogen-bond donors (Lipinski definition) is 3. The smallest absolute Gasteiger partial charge is 0.251 e. The SMILES string of the molecule is CCNC(=O)Cn1cc(Nc2ncc(C)c(-c3ccc(C(=O)NCC)cc3)n2)cn1. The number of likely N-dealkylation sites (N-methyl/N-ethyl adjacent to an activating group) is 1. The van der Waals surface area contributed by atoms with Gasteiger partial charge < -0.3 is 16.0 Å². The zero-order chi connectivity index (χ0) is 21.5. The van der Waals surface area contributed by atoms with Crippen LogP contribution in [0.25, 0.3) is 11.3 Å². The summed E-state index contributed by atoms with van der Waals surface area (Å²) in [7, 11) is 0. The monoisotopic (exact) mass is 407 g/mol. The number of carbonyl (C=O) groups excluding carboxylic acids is 2.